The summed E-state index contributed by atoms with van der Waals surface area (Å²) < 4.78 is 31.2. The van der Waals surface area contributed by atoms with Crippen molar-refractivity contribution in [2.75, 3.05) is 26.2 Å². The summed E-state index contributed by atoms with van der Waals surface area (Å²) in [5, 5.41) is 3.41. The van der Waals surface area contributed by atoms with Gasteiger partial charge in [-0.15, -0.1) is 0 Å². The Kier molecular flexibility index (Phi) is 4.96. The van der Waals surface area contributed by atoms with E-state index in [1.54, 1.807) is 0 Å². The summed E-state index contributed by atoms with van der Waals surface area (Å²) in [5.41, 5.74) is 0. The Balaban J connectivity index is 1.88. The van der Waals surface area contributed by atoms with E-state index in [2.05, 4.69) is 24.1 Å². The number of ether oxygens (including phenoxy) is 1. The van der Waals surface area contributed by atoms with E-state index in [4.69, 9.17) is 4.74 Å². The topological polar surface area (TPSA) is 41.6 Å². The Morgan fingerprint density at radius 2 is 2.20 bits per heavy atom. The SMILES string of the molecule is CC(C)CN(CC1CCCN1)CC1CC(F)(F)C(=O)O1. The number of carbonyl (C=O) groups is 1. The van der Waals surface area contributed by atoms with Gasteiger partial charge in [0.15, 0.2) is 0 Å². The number of nitrogens with one attached hydrogen (secondary N) is 1. The lowest BCUT2D eigenvalue weighted by Crippen LogP contribution is -2.43. The van der Waals surface area contributed by atoms with Crippen LogP contribution in [0.15, 0.2) is 0 Å². The summed E-state index contributed by atoms with van der Waals surface area (Å²) in [7, 11) is 0. The number of esters is 1. The van der Waals surface area contributed by atoms with Crippen molar-refractivity contribution < 1.29 is 18.3 Å². The Morgan fingerprint density at radius 3 is 2.70 bits per heavy atom. The molecule has 0 amide bonds. The number of alkyl halides is 2. The predicted molar refractivity (Wildman–Crippen MR) is 71.7 cm³/mol. The Morgan fingerprint density at radius 1 is 1.45 bits per heavy atom. The maximum atomic E-state index is 13.2. The van der Waals surface area contributed by atoms with E-state index in [-0.39, 0.29) is 0 Å². The summed E-state index contributed by atoms with van der Waals surface area (Å²) >= 11 is 0. The molecule has 2 unspecified atom stereocenters. The Bertz CT molecular complexity index is 344. The molecule has 2 saturated heterocycles. The zero-order valence-corrected chi connectivity index (χ0v) is 12.2. The fourth-order valence-corrected chi connectivity index (χ4v) is 3.00. The van der Waals surface area contributed by atoms with Crippen LogP contribution in [0.25, 0.3) is 0 Å². The van der Waals surface area contributed by atoms with E-state index >= 15 is 0 Å². The van der Waals surface area contributed by atoms with Gasteiger partial charge in [-0.3, -0.25) is 4.90 Å². The fourth-order valence-electron chi connectivity index (χ4n) is 3.00. The molecule has 2 atom stereocenters. The standard InChI is InChI=1S/C14H24F2N2O2/c1-10(2)7-18(8-11-4-3-5-17-11)9-12-6-14(15,16)13(19)20-12/h10-12,17H,3-9H2,1-2H3. The molecule has 6 heteroatoms. The van der Waals surface area contributed by atoms with Crippen LogP contribution in [0, 0.1) is 5.92 Å². The van der Waals surface area contributed by atoms with Gasteiger partial charge in [0.25, 0.3) is 0 Å². The predicted octanol–water partition coefficient (Wildman–Crippen LogP) is 1.65. The minimum absolute atomic E-state index is 0.400. The second kappa shape index (κ2) is 6.35. The van der Waals surface area contributed by atoms with Crippen molar-refractivity contribution in [3.8, 4) is 0 Å². The van der Waals surface area contributed by atoms with Crippen molar-refractivity contribution in [2.45, 2.75) is 51.2 Å². The van der Waals surface area contributed by atoms with Gasteiger partial charge in [0.05, 0.1) is 6.42 Å². The van der Waals surface area contributed by atoms with Crippen LogP contribution in [0.3, 0.4) is 0 Å². The van der Waals surface area contributed by atoms with E-state index in [0.29, 0.717) is 18.5 Å². The molecule has 1 N–H and O–H groups in total. The van der Waals surface area contributed by atoms with Crippen molar-refractivity contribution in [3.05, 3.63) is 0 Å². The van der Waals surface area contributed by atoms with Gasteiger partial charge in [-0.1, -0.05) is 13.8 Å². The third kappa shape index (κ3) is 4.12. The molecule has 0 spiro atoms. The number of rotatable bonds is 6. The van der Waals surface area contributed by atoms with Crippen molar-refractivity contribution in [1.29, 1.82) is 0 Å². The lowest BCUT2D eigenvalue weighted by Gasteiger charge is -2.28. The van der Waals surface area contributed by atoms with Crippen LogP contribution >= 0.6 is 0 Å². The minimum atomic E-state index is -3.31. The minimum Gasteiger partial charge on any atom is -0.456 e. The van der Waals surface area contributed by atoms with Crippen LogP contribution in [0.4, 0.5) is 8.78 Å². The number of carbonyl (C=O) groups excluding carboxylic acids is 1. The van der Waals surface area contributed by atoms with Gasteiger partial charge < -0.3 is 10.1 Å². The first-order valence-electron chi connectivity index (χ1n) is 7.41. The monoisotopic (exact) mass is 290 g/mol. The van der Waals surface area contributed by atoms with E-state index in [0.717, 1.165) is 32.5 Å². The van der Waals surface area contributed by atoms with Gasteiger partial charge in [0.1, 0.15) is 6.10 Å². The van der Waals surface area contributed by atoms with E-state index in [1.165, 1.54) is 0 Å². The molecule has 0 saturated carbocycles. The van der Waals surface area contributed by atoms with Crippen LogP contribution in [-0.4, -0.2) is 55.1 Å². The molecule has 4 nitrogen and oxygen atoms in total. The Hall–Kier alpha value is -0.750. The summed E-state index contributed by atoms with van der Waals surface area (Å²) in [4.78, 5) is 13.2. The van der Waals surface area contributed by atoms with Gasteiger partial charge >= 0.3 is 11.9 Å². The van der Waals surface area contributed by atoms with Crippen LogP contribution in [0.1, 0.15) is 33.1 Å². The average molecular weight is 290 g/mol. The van der Waals surface area contributed by atoms with E-state index in [1.807, 2.05) is 0 Å². The molecule has 0 aromatic heterocycles. The number of hydrogen-bond donors (Lipinski definition) is 1. The zero-order chi connectivity index (χ0) is 14.8. The second-order valence-electron chi connectivity index (χ2n) is 6.34. The molecule has 0 bridgehead atoms. The van der Waals surface area contributed by atoms with Crippen LogP contribution in [0.5, 0.6) is 0 Å². The fraction of sp³-hybridized carbons (Fsp3) is 0.929. The van der Waals surface area contributed by atoms with Gasteiger partial charge in [0.2, 0.25) is 0 Å². The van der Waals surface area contributed by atoms with Crippen molar-refractivity contribution in [2.24, 2.45) is 5.92 Å². The van der Waals surface area contributed by atoms with Gasteiger partial charge in [-0.25, -0.2) is 4.79 Å². The highest BCUT2D eigenvalue weighted by molar-refractivity contribution is 5.79. The lowest BCUT2D eigenvalue weighted by atomic mass is 10.1. The molecule has 0 radical (unpaired) electrons. The number of cyclic esters (lactones) is 1. The first kappa shape index (κ1) is 15.6. The summed E-state index contributed by atoms with van der Waals surface area (Å²) in [6.07, 6.45) is 1.11. The summed E-state index contributed by atoms with van der Waals surface area (Å²) in [6.45, 7) is 7.29. The number of halogens is 2. The first-order chi connectivity index (χ1) is 9.37. The van der Waals surface area contributed by atoms with Gasteiger partial charge in [-0.2, -0.15) is 8.78 Å². The lowest BCUT2D eigenvalue weighted by molar-refractivity contribution is -0.159. The Labute approximate surface area is 118 Å². The maximum absolute atomic E-state index is 13.2. The molecular formula is C14H24F2N2O2. The smallest absolute Gasteiger partial charge is 0.377 e. The van der Waals surface area contributed by atoms with E-state index in [9.17, 15) is 13.6 Å². The molecule has 0 aliphatic carbocycles. The molecule has 2 heterocycles. The van der Waals surface area contributed by atoms with Gasteiger partial charge in [0, 0.05) is 25.7 Å². The average Bonchev–Trinajstić information content (AvgIpc) is 2.87. The molecule has 0 aromatic rings. The normalized spacial score (nSPS) is 29.4. The molecule has 2 rings (SSSR count). The summed E-state index contributed by atoms with van der Waals surface area (Å²) in [6, 6.07) is 0.423. The molecule has 2 fully saturated rings. The molecule has 2 aliphatic rings. The van der Waals surface area contributed by atoms with Crippen molar-refractivity contribution >= 4 is 5.97 Å². The highest BCUT2D eigenvalue weighted by Gasteiger charge is 2.51. The quantitative estimate of drug-likeness (QED) is 0.755. The van der Waals surface area contributed by atoms with Gasteiger partial charge in [-0.05, 0) is 25.3 Å². The molecule has 2 aliphatic heterocycles. The highest BCUT2D eigenvalue weighted by Crippen LogP contribution is 2.31. The highest BCUT2D eigenvalue weighted by atomic mass is 19.3. The van der Waals surface area contributed by atoms with Crippen molar-refractivity contribution in [3.63, 3.8) is 0 Å². The number of hydrogen-bond acceptors (Lipinski definition) is 4. The summed E-state index contributed by atoms with van der Waals surface area (Å²) in [5.74, 6) is -4.22. The van der Waals surface area contributed by atoms with E-state index < -0.39 is 24.4 Å². The largest absolute Gasteiger partial charge is 0.456 e. The third-order valence-electron chi connectivity index (χ3n) is 3.78. The molecular weight excluding hydrogens is 266 g/mol. The number of nitrogens with zero attached hydrogens (tertiary/aromatic N) is 1. The van der Waals surface area contributed by atoms with Crippen LogP contribution in [0.2, 0.25) is 0 Å². The zero-order valence-electron chi connectivity index (χ0n) is 12.2. The first-order valence-corrected chi connectivity index (χ1v) is 7.41. The molecule has 20 heavy (non-hydrogen) atoms. The molecule has 0 aromatic carbocycles. The van der Waals surface area contributed by atoms with Crippen LogP contribution in [-0.2, 0) is 9.53 Å². The molecule has 116 valence electrons. The maximum Gasteiger partial charge on any atom is 0.377 e. The third-order valence-corrected chi connectivity index (χ3v) is 3.78. The van der Waals surface area contributed by atoms with Crippen molar-refractivity contribution in [1.82, 2.24) is 10.2 Å². The second-order valence-corrected chi connectivity index (χ2v) is 6.34. The van der Waals surface area contributed by atoms with Crippen LogP contribution < -0.4 is 5.32 Å².